The van der Waals surface area contributed by atoms with Crippen LogP contribution in [-0.4, -0.2) is 22.2 Å². The second kappa shape index (κ2) is 7.17. The number of thiophene rings is 1. The number of alkyl halides is 1. The second-order valence-corrected chi connectivity index (χ2v) is 6.17. The van der Waals surface area contributed by atoms with Crippen LogP contribution >= 0.6 is 11.3 Å². The van der Waals surface area contributed by atoms with E-state index >= 15 is 0 Å². The lowest BCUT2D eigenvalue weighted by atomic mass is 10.2. The van der Waals surface area contributed by atoms with Gasteiger partial charge >= 0.3 is 5.69 Å². The van der Waals surface area contributed by atoms with Crippen molar-refractivity contribution in [2.24, 2.45) is 5.73 Å². The summed E-state index contributed by atoms with van der Waals surface area (Å²) in [6, 6.07) is 0. The summed E-state index contributed by atoms with van der Waals surface area (Å²) in [5.41, 5.74) is 5.34. The number of halogens is 1. The molecule has 0 saturated heterocycles. The highest BCUT2D eigenvalue weighted by molar-refractivity contribution is 7.18. The van der Waals surface area contributed by atoms with Gasteiger partial charge in [-0.2, -0.15) is 0 Å². The van der Waals surface area contributed by atoms with Gasteiger partial charge in [0.1, 0.15) is 4.83 Å². The zero-order valence-electron chi connectivity index (χ0n) is 12.8. The summed E-state index contributed by atoms with van der Waals surface area (Å²) in [5, 5.41) is 3.60. The van der Waals surface area contributed by atoms with Gasteiger partial charge in [0.15, 0.2) is 6.80 Å². The van der Waals surface area contributed by atoms with Crippen molar-refractivity contribution >= 4 is 21.6 Å². The Morgan fingerprint density at radius 2 is 2.05 bits per heavy atom. The third-order valence-electron chi connectivity index (χ3n) is 3.57. The molecule has 0 aliphatic heterocycles. The van der Waals surface area contributed by atoms with Gasteiger partial charge in [0.2, 0.25) is 0 Å². The Morgan fingerprint density at radius 1 is 1.32 bits per heavy atom. The van der Waals surface area contributed by atoms with E-state index in [4.69, 9.17) is 5.73 Å². The zero-order chi connectivity index (χ0) is 16.3. The number of nitrogens with zero attached hydrogens (tertiary/aromatic N) is 2. The number of nitrogens with two attached hydrogens (primary N) is 1. The number of aryl methyl sites for hydroxylation is 1. The van der Waals surface area contributed by atoms with Gasteiger partial charge in [-0.1, -0.05) is 6.92 Å². The van der Waals surface area contributed by atoms with Crippen molar-refractivity contribution < 1.29 is 4.39 Å². The number of rotatable bonds is 7. The molecule has 2 heterocycles. The minimum Gasteiger partial charge on any atom is -0.329 e. The molecule has 122 valence electrons. The van der Waals surface area contributed by atoms with Crippen LogP contribution in [0.25, 0.3) is 10.2 Å². The van der Waals surface area contributed by atoms with Crippen molar-refractivity contribution in [3.8, 4) is 0 Å². The smallest absolute Gasteiger partial charge is 0.329 e. The molecular formula is C14H21FN4O2S. The molecule has 0 aromatic carbocycles. The molecule has 8 heteroatoms. The molecule has 0 spiro atoms. The van der Waals surface area contributed by atoms with Gasteiger partial charge in [-0.3, -0.25) is 13.9 Å². The Kier molecular flexibility index (Phi) is 5.49. The summed E-state index contributed by atoms with van der Waals surface area (Å²) in [4.78, 5) is 26.2. The number of nitrogens with one attached hydrogen (secondary N) is 1. The van der Waals surface area contributed by atoms with Crippen LogP contribution in [0.5, 0.6) is 0 Å². The van der Waals surface area contributed by atoms with Crippen molar-refractivity contribution in [2.75, 3.05) is 13.1 Å². The molecular weight excluding hydrogens is 307 g/mol. The van der Waals surface area contributed by atoms with E-state index in [0.29, 0.717) is 42.8 Å². The van der Waals surface area contributed by atoms with Gasteiger partial charge in [0, 0.05) is 31.1 Å². The van der Waals surface area contributed by atoms with Crippen LogP contribution in [0.2, 0.25) is 0 Å². The van der Waals surface area contributed by atoms with Gasteiger partial charge in [0.05, 0.1) is 5.39 Å². The Labute approximate surface area is 131 Å². The molecule has 2 rings (SSSR count). The SMILES string of the molecule is CCCn1c(=O)c2c(C)c(CNCCN)sc2n(CF)c1=O. The standard InChI is InChI=1S/C14H21FN4O2S/c1-3-6-18-12(20)11-9(2)10(7-17-5-4-16)22-13(11)19(8-15)14(18)21/h17H,3-8,16H2,1-2H3. The molecule has 0 atom stereocenters. The van der Waals surface area contributed by atoms with E-state index in [2.05, 4.69) is 5.32 Å². The molecule has 0 aliphatic rings. The Hall–Kier alpha value is -1.51. The summed E-state index contributed by atoms with van der Waals surface area (Å²) in [6.07, 6.45) is 0.640. The monoisotopic (exact) mass is 328 g/mol. The van der Waals surface area contributed by atoms with E-state index in [1.165, 1.54) is 11.3 Å². The van der Waals surface area contributed by atoms with Gasteiger partial charge in [0.25, 0.3) is 5.56 Å². The van der Waals surface area contributed by atoms with Crippen molar-refractivity contribution in [1.82, 2.24) is 14.5 Å². The predicted molar refractivity (Wildman–Crippen MR) is 87.2 cm³/mol. The van der Waals surface area contributed by atoms with Gasteiger partial charge < -0.3 is 11.1 Å². The molecule has 22 heavy (non-hydrogen) atoms. The minimum absolute atomic E-state index is 0.295. The van der Waals surface area contributed by atoms with Crippen LogP contribution in [-0.2, 0) is 19.9 Å². The van der Waals surface area contributed by atoms with E-state index in [0.717, 1.165) is 19.6 Å². The van der Waals surface area contributed by atoms with E-state index in [-0.39, 0.29) is 5.56 Å². The molecule has 3 N–H and O–H groups in total. The van der Waals surface area contributed by atoms with Crippen molar-refractivity contribution in [1.29, 1.82) is 0 Å². The van der Waals surface area contributed by atoms with Gasteiger partial charge in [-0.05, 0) is 18.9 Å². The highest BCUT2D eigenvalue weighted by atomic mass is 32.1. The summed E-state index contributed by atoms with van der Waals surface area (Å²) in [5.74, 6) is 0. The number of aromatic nitrogens is 2. The fraction of sp³-hybridized carbons (Fsp3) is 0.571. The highest BCUT2D eigenvalue weighted by Crippen LogP contribution is 2.27. The molecule has 6 nitrogen and oxygen atoms in total. The largest absolute Gasteiger partial charge is 0.334 e. The van der Waals surface area contributed by atoms with E-state index in [9.17, 15) is 14.0 Å². The van der Waals surface area contributed by atoms with Crippen LogP contribution < -0.4 is 22.3 Å². The third kappa shape index (κ3) is 2.86. The summed E-state index contributed by atoms with van der Waals surface area (Å²) >= 11 is 1.29. The van der Waals surface area contributed by atoms with Gasteiger partial charge in [-0.25, -0.2) is 9.18 Å². The molecule has 0 bridgehead atoms. The zero-order valence-corrected chi connectivity index (χ0v) is 13.6. The lowest BCUT2D eigenvalue weighted by molar-refractivity contribution is 0.365. The highest BCUT2D eigenvalue weighted by Gasteiger charge is 2.19. The number of fused-ring (bicyclic) bond motifs is 1. The normalized spacial score (nSPS) is 11.5. The average molecular weight is 328 g/mol. The van der Waals surface area contributed by atoms with Crippen LogP contribution in [0.15, 0.2) is 9.59 Å². The lowest BCUT2D eigenvalue weighted by Crippen LogP contribution is -2.39. The quantitative estimate of drug-likeness (QED) is 0.741. The van der Waals surface area contributed by atoms with Crippen LogP contribution in [0.1, 0.15) is 23.8 Å². The number of hydrogen-bond acceptors (Lipinski definition) is 5. The Balaban J connectivity index is 2.68. The first-order chi connectivity index (χ1) is 10.6. The van der Waals surface area contributed by atoms with Crippen LogP contribution in [0, 0.1) is 6.92 Å². The van der Waals surface area contributed by atoms with Gasteiger partial charge in [-0.15, -0.1) is 11.3 Å². The molecule has 0 amide bonds. The maximum Gasteiger partial charge on any atom is 0.334 e. The maximum atomic E-state index is 13.3. The molecule has 0 saturated carbocycles. The molecule has 0 aliphatic carbocycles. The fourth-order valence-corrected chi connectivity index (χ4v) is 3.68. The summed E-state index contributed by atoms with van der Waals surface area (Å²) in [6.45, 7) is 4.79. The fourth-order valence-electron chi connectivity index (χ4n) is 2.44. The molecule has 0 fully saturated rings. The van der Waals surface area contributed by atoms with Crippen molar-refractivity contribution in [2.45, 2.75) is 40.2 Å². The van der Waals surface area contributed by atoms with E-state index in [1.54, 1.807) is 0 Å². The molecule has 0 radical (unpaired) electrons. The predicted octanol–water partition coefficient (Wildman–Crippen LogP) is 0.918. The first-order valence-electron chi connectivity index (χ1n) is 7.29. The van der Waals surface area contributed by atoms with Crippen molar-refractivity contribution in [3.63, 3.8) is 0 Å². The average Bonchev–Trinajstić information content (AvgIpc) is 2.81. The van der Waals surface area contributed by atoms with Crippen LogP contribution in [0.3, 0.4) is 0 Å². The molecule has 2 aromatic heterocycles. The maximum absolute atomic E-state index is 13.3. The third-order valence-corrected chi connectivity index (χ3v) is 4.88. The molecule has 2 aromatic rings. The van der Waals surface area contributed by atoms with Crippen LogP contribution in [0.4, 0.5) is 4.39 Å². The first-order valence-corrected chi connectivity index (χ1v) is 8.10. The second-order valence-electron chi connectivity index (χ2n) is 5.08. The van der Waals surface area contributed by atoms with E-state index < -0.39 is 12.5 Å². The Bertz CT molecular complexity index is 778. The van der Waals surface area contributed by atoms with E-state index in [1.807, 2.05) is 13.8 Å². The minimum atomic E-state index is -0.936. The summed E-state index contributed by atoms with van der Waals surface area (Å²) < 4.78 is 15.5. The topological polar surface area (TPSA) is 82.0 Å². The molecule has 0 unspecified atom stereocenters. The Morgan fingerprint density at radius 3 is 2.64 bits per heavy atom. The van der Waals surface area contributed by atoms with Crippen molar-refractivity contribution in [3.05, 3.63) is 31.3 Å². The lowest BCUT2D eigenvalue weighted by Gasteiger charge is -2.08. The number of hydrogen-bond donors (Lipinski definition) is 2. The first kappa shape index (κ1) is 16.9. The summed E-state index contributed by atoms with van der Waals surface area (Å²) in [7, 11) is 0.